The Morgan fingerprint density at radius 3 is 0.849 bits per heavy atom. The predicted octanol–water partition coefficient (Wildman–Crippen LogP) is 12.2. The number of benzene rings is 2. The molecule has 0 atom stereocenters. The molecule has 2 aromatic carbocycles. The van der Waals surface area contributed by atoms with Crippen molar-refractivity contribution in [1.29, 1.82) is 0 Å². The highest BCUT2D eigenvalue weighted by molar-refractivity contribution is 5.89. The molecule has 0 aliphatic carbocycles. The number of hydrogen-bond acceptors (Lipinski definition) is 31. The zero-order valence-electron chi connectivity index (χ0n) is 71.3. The maximum atomic E-state index is 12.7. The summed E-state index contributed by atoms with van der Waals surface area (Å²) in [5.41, 5.74) is 0.875. The van der Waals surface area contributed by atoms with Crippen LogP contribution in [0.15, 0.2) is 185 Å². The van der Waals surface area contributed by atoms with Gasteiger partial charge in [-0.2, -0.15) is 39.5 Å². The molecular formula is C81H112F14O31. The van der Waals surface area contributed by atoms with Gasteiger partial charge in [0, 0.05) is 86.7 Å². The fraction of sp³-hybridized carbons (Fsp3) is 0.481. The molecule has 0 bridgehead atoms. The molecule has 45 heteroatoms. The molecule has 0 aliphatic rings. The van der Waals surface area contributed by atoms with Crippen LogP contribution in [0.1, 0.15) is 34.6 Å². The second-order valence-corrected chi connectivity index (χ2v) is 22.3. The van der Waals surface area contributed by atoms with Crippen molar-refractivity contribution < 1.29 is 209 Å². The number of aliphatic hydroxyl groups excluding tert-OH is 1. The van der Waals surface area contributed by atoms with Gasteiger partial charge in [0.2, 0.25) is 0 Å². The van der Waals surface area contributed by atoms with E-state index in [4.69, 9.17) is 61.9 Å². The summed E-state index contributed by atoms with van der Waals surface area (Å²) < 4.78 is 259. The van der Waals surface area contributed by atoms with Gasteiger partial charge in [0.05, 0.1) is 85.9 Å². The largest absolute Gasteiger partial charge is 0.575 e. The number of carbonyl (C=O) groups excluding carboxylic acids is 10. The van der Waals surface area contributed by atoms with Crippen LogP contribution in [0.3, 0.4) is 0 Å². The Bertz CT molecular complexity index is 3410. The summed E-state index contributed by atoms with van der Waals surface area (Å²) in [6.07, 6.45) is -9.66. The second-order valence-electron chi connectivity index (χ2n) is 22.3. The lowest BCUT2D eigenvalue weighted by molar-refractivity contribution is -0.344. The topological polar surface area (TPSA) is 376 Å². The van der Waals surface area contributed by atoms with Gasteiger partial charge < -0.3 is 99.8 Å². The van der Waals surface area contributed by atoms with E-state index in [-0.39, 0.29) is 68.7 Å². The van der Waals surface area contributed by atoms with E-state index in [0.29, 0.717) is 129 Å². The van der Waals surface area contributed by atoms with E-state index >= 15 is 0 Å². The van der Waals surface area contributed by atoms with Gasteiger partial charge in [-0.1, -0.05) is 102 Å². The van der Waals surface area contributed by atoms with E-state index in [1.54, 1.807) is 49.2 Å². The maximum absolute atomic E-state index is 12.7. The summed E-state index contributed by atoms with van der Waals surface area (Å²) in [7, 11) is 6.33. The number of para-hydroxylation sites is 2. The molecule has 31 nitrogen and oxygen atoms in total. The zero-order valence-corrected chi connectivity index (χ0v) is 71.3. The van der Waals surface area contributed by atoms with Gasteiger partial charge in [0.1, 0.15) is 71.0 Å². The molecule has 0 heterocycles. The van der Waals surface area contributed by atoms with E-state index in [1.807, 2.05) is 60.7 Å². The molecule has 1 N–H and O–H groups in total. The van der Waals surface area contributed by atoms with Crippen molar-refractivity contribution in [3.05, 3.63) is 185 Å². The first-order chi connectivity index (χ1) is 58.9. The van der Waals surface area contributed by atoms with Crippen molar-refractivity contribution in [3.63, 3.8) is 0 Å². The molecule has 0 saturated carbocycles. The first kappa shape index (κ1) is 130. The number of methoxy groups -OCH3 is 4. The minimum atomic E-state index is -6.38. The van der Waals surface area contributed by atoms with E-state index < -0.39 is 91.7 Å². The first-order valence-electron chi connectivity index (χ1n) is 35.8. The van der Waals surface area contributed by atoms with Gasteiger partial charge in [-0.25, -0.2) is 56.7 Å². The number of carbonyl (C=O) groups is 10. The van der Waals surface area contributed by atoms with Gasteiger partial charge in [-0.15, -0.1) is 13.2 Å². The monoisotopic (exact) mass is 1850 g/mol. The molecule has 0 fully saturated rings. The van der Waals surface area contributed by atoms with E-state index in [0.717, 1.165) is 42.7 Å². The molecule has 0 aromatic heterocycles. The van der Waals surface area contributed by atoms with Crippen LogP contribution in [-0.4, -0.2) is 289 Å². The standard InChI is InChI=1S/C12H14O3.C11H20O5.C11H12O3.C10H18O5.C8H6F8O2.C7H12O3.C6H7F3O2.C6H10O3.C5H5F3O2.C5H8O3/c1-10(2)12(13)15-9-8-14-11-6-4-3-5-7-11;1-10(2)11(12)16-9-8-15-7-6-14-5-4-13-3;1-2-11(12)14-9-8-13-10-6-4-3-5-7-10;1-3-10(11)15-9-8-14-7-6-13-5-4-12-2;1-2-4(17)18-3-6(11,12)8(15,16)7(13,14)5(9)10;1-6(2)7(8)10-5-4-9-3;1-4(2)5(10)11-3-6(7,8)9;1-3-6(7)9-5-4-8-2;1-3(2)4(9)10-5(6,7)8;1-2-5(7)8-4-3-6/h3-7H,1,8-9H2,2H3;1,4-9H2,2-3H3;2-7H,1,8-9H2;3H,1,4-9H2,2H3;2,5H,1,3H2;1,4-5H2,2-3H3;1,3H2,2H3;3H,1,4-5H2,2H3;1H2,2H3;2,6H,1,3-4H2. The summed E-state index contributed by atoms with van der Waals surface area (Å²) in [4.78, 5) is 105. The molecule has 2 rings (SSSR count). The van der Waals surface area contributed by atoms with Crippen molar-refractivity contribution in [2.75, 3.05) is 187 Å². The van der Waals surface area contributed by atoms with Crippen LogP contribution in [0.4, 0.5) is 61.5 Å². The van der Waals surface area contributed by atoms with Crippen molar-refractivity contribution in [2.24, 2.45) is 0 Å². The molecule has 0 spiro atoms. The molecule has 2 aromatic rings. The Balaban J connectivity index is -0.000000206. The average molecular weight is 1850 g/mol. The Kier molecular flexibility index (Phi) is 86.2. The van der Waals surface area contributed by atoms with Crippen molar-refractivity contribution in [2.45, 2.75) is 71.4 Å². The molecule has 0 saturated heterocycles. The van der Waals surface area contributed by atoms with E-state index in [9.17, 15) is 109 Å². The zero-order chi connectivity index (χ0) is 98.6. The minimum absolute atomic E-state index is 0.0465. The molecule has 0 amide bonds. The fourth-order valence-electron chi connectivity index (χ4n) is 5.30. The van der Waals surface area contributed by atoms with Crippen molar-refractivity contribution in [3.8, 4) is 11.5 Å². The molecule has 720 valence electrons. The Morgan fingerprint density at radius 2 is 0.579 bits per heavy atom. The van der Waals surface area contributed by atoms with E-state index in [1.165, 1.54) is 6.92 Å². The summed E-state index contributed by atoms with van der Waals surface area (Å²) in [6.45, 7) is 43.3. The minimum Gasteiger partial charge on any atom is -0.490 e. The number of esters is 10. The lowest BCUT2D eigenvalue weighted by Gasteiger charge is -2.31. The normalized spacial score (nSPS) is 10.2. The van der Waals surface area contributed by atoms with Crippen LogP contribution in [0.5, 0.6) is 11.5 Å². The summed E-state index contributed by atoms with van der Waals surface area (Å²) >= 11 is 0. The van der Waals surface area contributed by atoms with Gasteiger partial charge in [-0.05, 0) is 58.9 Å². The van der Waals surface area contributed by atoms with Crippen LogP contribution in [0.2, 0.25) is 0 Å². The Morgan fingerprint density at radius 1 is 0.333 bits per heavy atom. The summed E-state index contributed by atoms with van der Waals surface area (Å²) in [6, 6.07) is 18.7. The van der Waals surface area contributed by atoms with Crippen molar-refractivity contribution in [1.82, 2.24) is 0 Å². The van der Waals surface area contributed by atoms with Gasteiger partial charge in [-0.3, -0.25) is 0 Å². The number of rotatable bonds is 50. The van der Waals surface area contributed by atoms with Crippen LogP contribution in [0.25, 0.3) is 0 Å². The Labute approximate surface area is 721 Å². The second kappa shape index (κ2) is 83.4. The predicted molar refractivity (Wildman–Crippen MR) is 424 cm³/mol. The highest BCUT2D eigenvalue weighted by Crippen LogP contribution is 2.48. The maximum Gasteiger partial charge on any atom is 0.575 e. The quantitative estimate of drug-likeness (QED) is 0.0211. The van der Waals surface area contributed by atoms with Crippen LogP contribution in [0, 0.1) is 0 Å². The number of ether oxygens (including phenoxy) is 20. The fourth-order valence-corrected chi connectivity index (χ4v) is 5.30. The van der Waals surface area contributed by atoms with E-state index in [2.05, 4.69) is 104 Å². The van der Waals surface area contributed by atoms with Gasteiger partial charge in [0.15, 0.2) is 13.2 Å². The molecule has 126 heavy (non-hydrogen) atoms. The van der Waals surface area contributed by atoms with Crippen LogP contribution < -0.4 is 9.47 Å². The van der Waals surface area contributed by atoms with Crippen LogP contribution in [-0.2, 0) is 133 Å². The third kappa shape index (κ3) is 89.1. The van der Waals surface area contributed by atoms with Gasteiger partial charge >= 0.3 is 96.4 Å². The number of hydrogen-bond donors (Lipinski definition) is 1. The number of halogens is 14. The number of aliphatic hydroxyl groups is 1. The smallest absolute Gasteiger partial charge is 0.490 e. The summed E-state index contributed by atoms with van der Waals surface area (Å²) in [5.74, 6) is -23.8. The Hall–Kier alpha value is -11.2. The molecular weight excluding hydrogens is 1730 g/mol. The molecule has 0 radical (unpaired) electrons. The van der Waals surface area contributed by atoms with Crippen LogP contribution >= 0.6 is 0 Å². The first-order valence-corrected chi connectivity index (χ1v) is 35.8. The SMILES string of the molecule is C=C(C)C(=O)OC(F)(F)F.C=C(C)C(=O)OCC(F)(F)F.C=C(C)C(=O)OCCOC.C=C(C)C(=O)OCCOCCOCCOC.C=C(C)C(=O)OCCOc1ccccc1.C=CC(=O)OCC(F)(F)C(F)(F)C(F)(F)C(F)F.C=CC(=O)OCCO.C=CC(=O)OCCOC.C=CC(=O)OCCOCCOCCOC.C=CC(=O)OCCOc1ccccc1. The van der Waals surface area contributed by atoms with Crippen molar-refractivity contribution >= 4 is 59.7 Å². The lowest BCUT2D eigenvalue weighted by atomic mass is 10.1. The molecule has 0 unspecified atom stereocenters. The number of alkyl halides is 14. The van der Waals surface area contributed by atoms with Gasteiger partial charge in [0.25, 0.3) is 0 Å². The summed E-state index contributed by atoms with van der Waals surface area (Å²) in [5, 5.41) is 8.10. The highest BCUT2D eigenvalue weighted by Gasteiger charge is 2.75. The third-order valence-corrected chi connectivity index (χ3v) is 11.3. The average Bonchev–Trinajstić information content (AvgIpc) is 0.761. The third-order valence-electron chi connectivity index (χ3n) is 11.3. The molecule has 0 aliphatic heterocycles. The lowest BCUT2D eigenvalue weighted by Crippen LogP contribution is -2.59. The highest BCUT2D eigenvalue weighted by atomic mass is 19.4.